The number of nitrogens with one attached hydrogen (secondary N) is 2. The molecule has 1 fully saturated rings. The Morgan fingerprint density at radius 3 is 2.74 bits per heavy atom. The van der Waals surface area contributed by atoms with Crippen molar-refractivity contribution in [2.45, 2.75) is 19.4 Å². The van der Waals surface area contributed by atoms with E-state index in [-0.39, 0.29) is 30.0 Å². The van der Waals surface area contributed by atoms with Crippen LogP contribution in [-0.4, -0.2) is 19.0 Å². The Kier molecular flexibility index (Phi) is 6.75. The minimum atomic E-state index is -0.282. The molecular formula is C13H17BrClFN2O. The van der Waals surface area contributed by atoms with Crippen LogP contribution in [0.3, 0.4) is 0 Å². The molecule has 1 amide bonds. The average molecular weight is 352 g/mol. The molecule has 1 saturated heterocycles. The van der Waals surface area contributed by atoms with Crippen LogP contribution in [0.2, 0.25) is 0 Å². The zero-order chi connectivity index (χ0) is 13.0. The summed E-state index contributed by atoms with van der Waals surface area (Å²) >= 11 is 3.29. The highest BCUT2D eigenvalue weighted by Crippen LogP contribution is 2.18. The number of hydrogen-bond donors (Lipinski definition) is 2. The van der Waals surface area contributed by atoms with Gasteiger partial charge in [0.05, 0.1) is 0 Å². The second kappa shape index (κ2) is 7.82. The highest BCUT2D eigenvalue weighted by atomic mass is 79.9. The van der Waals surface area contributed by atoms with E-state index in [1.54, 1.807) is 6.07 Å². The van der Waals surface area contributed by atoms with Crippen LogP contribution in [0.25, 0.3) is 0 Å². The standard InChI is InChI=1S/C13H16BrFN2O.ClH/c14-12-7-11(15)2-1-10(12)8-17-13(18)9-3-5-16-6-4-9;/h1-2,7,9,16H,3-6,8H2,(H,17,18);1H. The topological polar surface area (TPSA) is 41.1 Å². The molecule has 0 unspecified atom stereocenters. The Balaban J connectivity index is 0.00000180. The monoisotopic (exact) mass is 350 g/mol. The van der Waals surface area contributed by atoms with Crippen molar-refractivity contribution in [2.24, 2.45) is 5.92 Å². The summed E-state index contributed by atoms with van der Waals surface area (Å²) in [6.45, 7) is 2.24. The number of piperidine rings is 1. The first-order valence-corrected chi connectivity index (χ1v) is 6.88. The van der Waals surface area contributed by atoms with Gasteiger partial charge in [-0.2, -0.15) is 0 Å². The molecule has 1 aliphatic rings. The maximum absolute atomic E-state index is 12.9. The highest BCUT2D eigenvalue weighted by molar-refractivity contribution is 9.10. The number of carbonyl (C=O) groups is 1. The molecule has 106 valence electrons. The zero-order valence-electron chi connectivity index (χ0n) is 10.4. The largest absolute Gasteiger partial charge is 0.352 e. The second-order valence-corrected chi connectivity index (χ2v) is 5.33. The molecule has 6 heteroatoms. The van der Waals surface area contributed by atoms with Crippen molar-refractivity contribution in [3.63, 3.8) is 0 Å². The molecule has 1 aliphatic heterocycles. The second-order valence-electron chi connectivity index (χ2n) is 4.48. The lowest BCUT2D eigenvalue weighted by atomic mass is 9.97. The summed E-state index contributed by atoms with van der Waals surface area (Å²) in [5.74, 6) is -0.0893. The molecule has 1 aromatic carbocycles. The van der Waals surface area contributed by atoms with Crippen molar-refractivity contribution in [1.82, 2.24) is 10.6 Å². The first-order chi connectivity index (χ1) is 8.66. The summed E-state index contributed by atoms with van der Waals surface area (Å²) in [6, 6.07) is 4.49. The first-order valence-electron chi connectivity index (χ1n) is 6.09. The number of halogens is 3. The summed E-state index contributed by atoms with van der Waals surface area (Å²) in [5.41, 5.74) is 0.888. The third-order valence-electron chi connectivity index (χ3n) is 3.18. The van der Waals surface area contributed by atoms with E-state index in [1.165, 1.54) is 12.1 Å². The van der Waals surface area contributed by atoms with E-state index in [9.17, 15) is 9.18 Å². The van der Waals surface area contributed by atoms with Crippen molar-refractivity contribution < 1.29 is 9.18 Å². The van der Waals surface area contributed by atoms with Gasteiger partial charge in [0, 0.05) is 16.9 Å². The fourth-order valence-corrected chi connectivity index (χ4v) is 2.57. The van der Waals surface area contributed by atoms with E-state index < -0.39 is 0 Å². The summed E-state index contributed by atoms with van der Waals surface area (Å²) in [4.78, 5) is 11.9. The lowest BCUT2D eigenvalue weighted by molar-refractivity contribution is -0.125. The van der Waals surface area contributed by atoms with Gasteiger partial charge in [0.15, 0.2) is 0 Å². The number of amides is 1. The molecule has 0 aliphatic carbocycles. The molecule has 0 aromatic heterocycles. The van der Waals surface area contributed by atoms with Crippen molar-refractivity contribution in [2.75, 3.05) is 13.1 Å². The smallest absolute Gasteiger partial charge is 0.223 e. The van der Waals surface area contributed by atoms with Crippen molar-refractivity contribution in [3.8, 4) is 0 Å². The molecule has 19 heavy (non-hydrogen) atoms. The van der Waals surface area contributed by atoms with Crippen LogP contribution < -0.4 is 10.6 Å². The van der Waals surface area contributed by atoms with E-state index in [0.717, 1.165) is 31.5 Å². The van der Waals surface area contributed by atoms with Crippen LogP contribution in [0.15, 0.2) is 22.7 Å². The average Bonchev–Trinajstić information content (AvgIpc) is 2.38. The third-order valence-corrected chi connectivity index (χ3v) is 3.92. The van der Waals surface area contributed by atoms with Gasteiger partial charge in [0.1, 0.15) is 5.82 Å². The third kappa shape index (κ3) is 4.75. The molecule has 0 atom stereocenters. The summed E-state index contributed by atoms with van der Waals surface area (Å²) in [5, 5.41) is 6.14. The van der Waals surface area contributed by atoms with Gasteiger partial charge in [0.25, 0.3) is 0 Å². The SMILES string of the molecule is Cl.O=C(NCc1ccc(F)cc1Br)C1CCNCC1. The molecule has 0 radical (unpaired) electrons. The molecule has 2 N–H and O–H groups in total. The van der Waals surface area contributed by atoms with Gasteiger partial charge < -0.3 is 10.6 Å². The van der Waals surface area contributed by atoms with E-state index in [2.05, 4.69) is 26.6 Å². The van der Waals surface area contributed by atoms with Crippen molar-refractivity contribution >= 4 is 34.2 Å². The van der Waals surface area contributed by atoms with Crippen LogP contribution >= 0.6 is 28.3 Å². The number of benzene rings is 1. The Morgan fingerprint density at radius 2 is 2.11 bits per heavy atom. The van der Waals surface area contributed by atoms with E-state index in [0.29, 0.717) is 11.0 Å². The van der Waals surface area contributed by atoms with Gasteiger partial charge in [-0.15, -0.1) is 12.4 Å². The zero-order valence-corrected chi connectivity index (χ0v) is 12.8. The molecule has 1 heterocycles. The van der Waals surface area contributed by atoms with Crippen LogP contribution in [0, 0.1) is 11.7 Å². The van der Waals surface area contributed by atoms with Gasteiger partial charge >= 0.3 is 0 Å². The molecule has 3 nitrogen and oxygen atoms in total. The number of rotatable bonds is 3. The van der Waals surface area contributed by atoms with Crippen molar-refractivity contribution in [1.29, 1.82) is 0 Å². The Labute approximate surface area is 126 Å². The fourth-order valence-electron chi connectivity index (χ4n) is 2.08. The summed E-state index contributed by atoms with van der Waals surface area (Å²) < 4.78 is 13.6. The lowest BCUT2D eigenvalue weighted by Crippen LogP contribution is -2.37. The Hall–Kier alpha value is -0.650. The first kappa shape index (κ1) is 16.4. The van der Waals surface area contributed by atoms with E-state index in [1.807, 2.05) is 0 Å². The number of hydrogen-bond acceptors (Lipinski definition) is 2. The predicted octanol–water partition coefficient (Wildman–Crippen LogP) is 2.63. The van der Waals surface area contributed by atoms with Crippen molar-refractivity contribution in [3.05, 3.63) is 34.1 Å². The van der Waals surface area contributed by atoms with Crippen LogP contribution in [0.4, 0.5) is 4.39 Å². The van der Waals surface area contributed by atoms with Crippen LogP contribution in [-0.2, 0) is 11.3 Å². The quantitative estimate of drug-likeness (QED) is 0.879. The van der Waals surface area contributed by atoms with Crippen LogP contribution in [0.5, 0.6) is 0 Å². The minimum absolute atomic E-state index is 0. The predicted molar refractivity (Wildman–Crippen MR) is 78.8 cm³/mol. The molecule has 0 saturated carbocycles. The Bertz CT molecular complexity index is 439. The molecule has 1 aromatic rings. The molecule has 2 rings (SSSR count). The minimum Gasteiger partial charge on any atom is -0.352 e. The normalized spacial score (nSPS) is 15.7. The summed E-state index contributed by atoms with van der Waals surface area (Å²) in [7, 11) is 0. The van der Waals surface area contributed by atoms with Crippen LogP contribution in [0.1, 0.15) is 18.4 Å². The molecule has 0 spiro atoms. The Morgan fingerprint density at radius 1 is 1.42 bits per heavy atom. The summed E-state index contributed by atoms with van der Waals surface area (Å²) in [6.07, 6.45) is 1.77. The number of carbonyl (C=O) groups excluding carboxylic acids is 1. The van der Waals surface area contributed by atoms with Gasteiger partial charge in [0.2, 0.25) is 5.91 Å². The lowest BCUT2D eigenvalue weighted by Gasteiger charge is -2.21. The molecular weight excluding hydrogens is 335 g/mol. The van der Waals surface area contributed by atoms with Gasteiger partial charge in [-0.05, 0) is 43.6 Å². The highest BCUT2D eigenvalue weighted by Gasteiger charge is 2.20. The van der Waals surface area contributed by atoms with Gasteiger partial charge in [-0.3, -0.25) is 4.79 Å². The maximum Gasteiger partial charge on any atom is 0.223 e. The van der Waals surface area contributed by atoms with E-state index >= 15 is 0 Å². The fraction of sp³-hybridized carbons (Fsp3) is 0.462. The maximum atomic E-state index is 12.9. The molecule has 0 bridgehead atoms. The van der Waals surface area contributed by atoms with Gasteiger partial charge in [-0.1, -0.05) is 22.0 Å². The van der Waals surface area contributed by atoms with Gasteiger partial charge in [-0.25, -0.2) is 4.39 Å². The van der Waals surface area contributed by atoms with E-state index in [4.69, 9.17) is 0 Å².